The van der Waals surface area contributed by atoms with Crippen LogP contribution in [0.15, 0.2) is 42.1 Å². The molecule has 0 spiro atoms. The number of rotatable bonds is 9. The molecule has 0 unspecified atom stereocenters. The van der Waals surface area contributed by atoms with Gasteiger partial charge in [-0.1, -0.05) is 19.6 Å². The Morgan fingerprint density at radius 3 is 2.33 bits per heavy atom. The van der Waals surface area contributed by atoms with Gasteiger partial charge in [0.2, 0.25) is 0 Å². The maximum absolute atomic E-state index is 12.0. The van der Waals surface area contributed by atoms with Crippen LogP contribution in [0.5, 0.6) is 11.5 Å². The van der Waals surface area contributed by atoms with Crippen LogP contribution in [-0.4, -0.2) is 38.0 Å². The highest BCUT2D eigenvalue weighted by Crippen LogP contribution is 2.38. The first kappa shape index (κ1) is 24.0. The molecule has 30 heavy (non-hydrogen) atoms. The molecule has 164 valence electrons. The fourth-order valence-corrected chi connectivity index (χ4v) is 2.88. The third-order valence-corrected chi connectivity index (χ3v) is 5.41. The summed E-state index contributed by atoms with van der Waals surface area (Å²) < 4.78 is 28.7. The van der Waals surface area contributed by atoms with Crippen LogP contribution < -0.4 is 9.47 Å². The largest absolute Gasteiger partial charge is 0.497 e. The van der Waals surface area contributed by atoms with Gasteiger partial charge in [0.05, 0.1) is 31.3 Å². The third-order valence-electron chi connectivity index (χ3n) is 5.41. The fraction of sp³-hybridized carbons (Fsp3) is 0.522. The summed E-state index contributed by atoms with van der Waals surface area (Å²) in [4.78, 5) is 12.0. The van der Waals surface area contributed by atoms with Crippen molar-refractivity contribution in [1.29, 1.82) is 0 Å². The molecule has 0 bridgehead atoms. The number of allylic oxidation sites excluding steroid dienone is 3. The second kappa shape index (κ2) is 9.71. The summed E-state index contributed by atoms with van der Waals surface area (Å²) in [6.07, 6.45) is 2.56. The van der Waals surface area contributed by atoms with E-state index in [2.05, 4.69) is 6.58 Å². The minimum absolute atomic E-state index is 0.113. The second-order valence-corrected chi connectivity index (χ2v) is 8.18. The number of hydrogen-bond acceptors (Lipinski definition) is 6. The van der Waals surface area contributed by atoms with Crippen molar-refractivity contribution in [3.05, 3.63) is 47.6 Å². The van der Waals surface area contributed by atoms with E-state index in [9.17, 15) is 4.79 Å². The van der Waals surface area contributed by atoms with Crippen molar-refractivity contribution in [3.8, 4) is 11.5 Å². The minimum Gasteiger partial charge on any atom is -0.497 e. The van der Waals surface area contributed by atoms with Crippen molar-refractivity contribution < 1.29 is 28.3 Å². The van der Waals surface area contributed by atoms with Gasteiger partial charge in [-0.2, -0.15) is 0 Å². The molecule has 1 heterocycles. The maximum Gasteiger partial charge on any atom is 0.494 e. The van der Waals surface area contributed by atoms with E-state index >= 15 is 0 Å². The van der Waals surface area contributed by atoms with E-state index in [0.29, 0.717) is 35.8 Å². The Bertz CT molecular complexity index is 796. The smallest absolute Gasteiger partial charge is 0.494 e. The number of benzene rings is 1. The molecule has 1 fully saturated rings. The summed E-state index contributed by atoms with van der Waals surface area (Å²) in [5.74, 6) is 1.54. The first-order valence-corrected chi connectivity index (χ1v) is 10.3. The highest BCUT2D eigenvalue weighted by Gasteiger charge is 2.51. The number of methoxy groups -OCH3 is 1. The normalized spacial score (nSPS) is 17.6. The predicted molar refractivity (Wildman–Crippen MR) is 118 cm³/mol. The summed E-state index contributed by atoms with van der Waals surface area (Å²) in [5, 5.41) is 0. The Hall–Kier alpha value is -2.25. The quantitative estimate of drug-likeness (QED) is 0.253. The average molecular weight is 416 g/mol. The molecule has 7 heteroatoms. The standard InChI is InChI=1S/C23H33BO6/c1-9-18(13-16(3)24-29-22(4,5)23(6,7)30-24)28-20-15-19(26-8)12-11-17(20)14-21(25)27-10-2/h11-13,15H,3,9-10,14H2,1-2,4-8H3/b18-13+. The fourth-order valence-electron chi connectivity index (χ4n) is 2.88. The zero-order valence-electron chi connectivity index (χ0n) is 19.2. The van der Waals surface area contributed by atoms with Gasteiger partial charge in [0, 0.05) is 18.1 Å². The van der Waals surface area contributed by atoms with E-state index in [4.69, 9.17) is 23.5 Å². The highest BCUT2D eigenvalue weighted by atomic mass is 16.7. The molecule has 1 aliphatic rings. The molecule has 0 saturated carbocycles. The molecule has 1 aliphatic heterocycles. The lowest BCUT2D eigenvalue weighted by molar-refractivity contribution is -0.142. The molecular formula is C23H33BO6. The molecule has 1 aromatic carbocycles. The first-order valence-electron chi connectivity index (χ1n) is 10.3. The van der Waals surface area contributed by atoms with Crippen molar-refractivity contribution in [3.63, 3.8) is 0 Å². The van der Waals surface area contributed by atoms with Gasteiger partial charge in [-0.3, -0.25) is 4.79 Å². The summed E-state index contributed by atoms with van der Waals surface area (Å²) in [6.45, 7) is 16.2. The molecule has 0 atom stereocenters. The van der Waals surface area contributed by atoms with Crippen LogP contribution in [0.25, 0.3) is 0 Å². The Balaban J connectivity index is 2.23. The molecule has 0 amide bonds. The Morgan fingerprint density at radius 2 is 1.80 bits per heavy atom. The number of carbonyl (C=O) groups excluding carboxylic acids is 1. The van der Waals surface area contributed by atoms with Gasteiger partial charge in [-0.25, -0.2) is 0 Å². The Morgan fingerprint density at radius 1 is 1.17 bits per heavy atom. The van der Waals surface area contributed by atoms with Crippen LogP contribution in [0.1, 0.15) is 53.5 Å². The number of ether oxygens (including phenoxy) is 3. The molecule has 0 N–H and O–H groups in total. The van der Waals surface area contributed by atoms with Crippen LogP contribution in [-0.2, 0) is 25.3 Å². The van der Waals surface area contributed by atoms with Crippen LogP contribution in [0, 0.1) is 0 Å². The summed E-state index contributed by atoms with van der Waals surface area (Å²) in [5.41, 5.74) is 0.498. The van der Waals surface area contributed by atoms with E-state index in [1.54, 1.807) is 32.2 Å². The van der Waals surface area contributed by atoms with Gasteiger partial charge in [0.1, 0.15) is 17.3 Å². The lowest BCUT2D eigenvalue weighted by Crippen LogP contribution is -2.41. The van der Waals surface area contributed by atoms with Crippen molar-refractivity contribution in [2.75, 3.05) is 13.7 Å². The number of hydrogen-bond donors (Lipinski definition) is 0. The van der Waals surface area contributed by atoms with Crippen LogP contribution in [0.4, 0.5) is 0 Å². The van der Waals surface area contributed by atoms with Crippen LogP contribution in [0.2, 0.25) is 0 Å². The Kier molecular flexibility index (Phi) is 7.78. The number of carbonyl (C=O) groups is 1. The van der Waals surface area contributed by atoms with E-state index < -0.39 is 18.3 Å². The SMILES string of the molecule is C=C(/C=C(\CC)Oc1cc(OC)ccc1CC(=O)OCC)B1OC(C)(C)C(C)(C)O1. The van der Waals surface area contributed by atoms with Crippen molar-refractivity contribution in [1.82, 2.24) is 0 Å². The van der Waals surface area contributed by atoms with Gasteiger partial charge in [-0.15, -0.1) is 0 Å². The zero-order valence-corrected chi connectivity index (χ0v) is 19.2. The molecule has 2 rings (SSSR count). The second-order valence-electron chi connectivity index (χ2n) is 8.18. The van der Waals surface area contributed by atoms with Gasteiger partial charge in [-0.05, 0) is 52.2 Å². The van der Waals surface area contributed by atoms with E-state index in [-0.39, 0.29) is 12.4 Å². The van der Waals surface area contributed by atoms with E-state index in [0.717, 1.165) is 5.56 Å². The zero-order chi connectivity index (χ0) is 22.5. The van der Waals surface area contributed by atoms with Crippen molar-refractivity contribution in [2.45, 2.75) is 65.6 Å². The van der Waals surface area contributed by atoms with E-state index in [1.807, 2.05) is 40.7 Å². The highest BCUT2D eigenvalue weighted by molar-refractivity contribution is 6.55. The summed E-state index contributed by atoms with van der Waals surface area (Å²) in [7, 11) is 1.03. The lowest BCUT2D eigenvalue weighted by atomic mass is 9.79. The van der Waals surface area contributed by atoms with Gasteiger partial charge in [0.15, 0.2) is 0 Å². The molecule has 0 radical (unpaired) electrons. The van der Waals surface area contributed by atoms with Crippen molar-refractivity contribution >= 4 is 13.1 Å². The minimum atomic E-state index is -0.551. The molecule has 1 aromatic rings. The summed E-state index contributed by atoms with van der Waals surface area (Å²) in [6, 6.07) is 5.36. The van der Waals surface area contributed by atoms with E-state index in [1.165, 1.54) is 0 Å². The number of esters is 1. The lowest BCUT2D eigenvalue weighted by Gasteiger charge is -2.32. The summed E-state index contributed by atoms with van der Waals surface area (Å²) >= 11 is 0. The first-order chi connectivity index (χ1) is 14.0. The Labute approximate surface area is 180 Å². The predicted octanol–water partition coefficient (Wildman–Crippen LogP) is 4.66. The molecule has 0 aromatic heterocycles. The topological polar surface area (TPSA) is 63.2 Å². The van der Waals surface area contributed by atoms with Gasteiger partial charge in [0.25, 0.3) is 0 Å². The van der Waals surface area contributed by atoms with Crippen LogP contribution in [0.3, 0.4) is 0 Å². The molecular weight excluding hydrogens is 383 g/mol. The van der Waals surface area contributed by atoms with Gasteiger partial charge >= 0.3 is 13.1 Å². The molecule has 0 aliphatic carbocycles. The third kappa shape index (κ3) is 5.67. The molecule has 6 nitrogen and oxygen atoms in total. The molecule has 1 saturated heterocycles. The monoisotopic (exact) mass is 416 g/mol. The van der Waals surface area contributed by atoms with Gasteiger partial charge < -0.3 is 23.5 Å². The maximum atomic E-state index is 12.0. The van der Waals surface area contributed by atoms with Crippen LogP contribution >= 0.6 is 0 Å². The van der Waals surface area contributed by atoms with Crippen molar-refractivity contribution in [2.24, 2.45) is 0 Å². The average Bonchev–Trinajstić information content (AvgIpc) is 2.90.